The maximum atomic E-state index is 12.7. The Morgan fingerprint density at radius 1 is 1.07 bits per heavy atom. The first-order chi connectivity index (χ1) is 13.2. The molecule has 0 fully saturated rings. The zero-order valence-corrected chi connectivity index (χ0v) is 15.8. The van der Waals surface area contributed by atoms with Crippen molar-refractivity contribution in [3.63, 3.8) is 0 Å². The first kappa shape index (κ1) is 19.9. The van der Waals surface area contributed by atoms with Crippen molar-refractivity contribution >= 4 is 34.9 Å². The molecule has 1 N–H and O–H groups in total. The van der Waals surface area contributed by atoms with E-state index in [-0.39, 0.29) is 16.9 Å². The number of nitrogens with one attached hydrogen (secondary N) is 1. The second-order valence-corrected chi connectivity index (χ2v) is 7.79. The van der Waals surface area contributed by atoms with Crippen LogP contribution in [-0.4, -0.2) is 32.5 Å². The summed E-state index contributed by atoms with van der Waals surface area (Å²) in [5, 5.41) is 2.16. The van der Waals surface area contributed by atoms with Gasteiger partial charge < -0.3 is 5.32 Å². The zero-order valence-electron chi connectivity index (χ0n) is 14.9. The van der Waals surface area contributed by atoms with E-state index in [1.54, 1.807) is 36.4 Å². The van der Waals surface area contributed by atoms with E-state index in [4.69, 9.17) is 0 Å². The average Bonchev–Trinajstić information content (AvgIpc) is 2.97. The predicted octanol–water partition coefficient (Wildman–Crippen LogP) is 4.57. The second kappa shape index (κ2) is 7.67. The Bertz CT molecular complexity index is 1030. The molecule has 0 unspecified atom stereocenters. The highest BCUT2D eigenvalue weighted by Crippen LogP contribution is 2.32. The van der Waals surface area contributed by atoms with Crippen molar-refractivity contribution in [2.75, 3.05) is 5.32 Å². The summed E-state index contributed by atoms with van der Waals surface area (Å²) in [6.45, 7) is 3.72. The number of amides is 1. The third kappa shape index (κ3) is 4.19. The largest absolute Gasteiger partial charge is 0.471 e. The Morgan fingerprint density at radius 2 is 1.75 bits per heavy atom. The second-order valence-electron chi connectivity index (χ2n) is 6.23. The van der Waals surface area contributed by atoms with Crippen LogP contribution in [0.5, 0.6) is 0 Å². The van der Waals surface area contributed by atoms with Gasteiger partial charge in [0.05, 0.1) is 0 Å². The number of anilines is 1. The smallest absolute Gasteiger partial charge is 0.301 e. The molecule has 0 saturated carbocycles. The van der Waals surface area contributed by atoms with E-state index in [0.29, 0.717) is 21.8 Å². The van der Waals surface area contributed by atoms with Crippen molar-refractivity contribution in [1.82, 2.24) is 9.38 Å². The summed E-state index contributed by atoms with van der Waals surface area (Å²) in [6, 6.07) is 11.7. The molecule has 0 aliphatic heterocycles. The Hall–Kier alpha value is -2.81. The van der Waals surface area contributed by atoms with Crippen molar-refractivity contribution < 1.29 is 22.8 Å². The monoisotopic (exact) mass is 407 g/mol. The van der Waals surface area contributed by atoms with Gasteiger partial charge in [-0.15, -0.1) is 11.8 Å². The van der Waals surface area contributed by atoms with E-state index in [1.807, 2.05) is 19.2 Å². The standard InChI is InChI=1S/C19H16F3N3O2S/c1-11(2)28-17-16(24-18(27)19(20,21)22)23-14-9-8-13(10-25(14)17)15(26)12-6-4-3-5-7-12/h3-11H,1-2H3,(H,24,27). The number of fused-ring (bicyclic) bond motifs is 1. The van der Waals surface area contributed by atoms with Gasteiger partial charge in [-0.05, 0) is 12.1 Å². The molecule has 0 radical (unpaired) electrons. The Balaban J connectivity index is 2.06. The maximum absolute atomic E-state index is 12.7. The number of benzene rings is 1. The van der Waals surface area contributed by atoms with E-state index in [2.05, 4.69) is 4.98 Å². The normalized spacial score (nSPS) is 11.8. The molecule has 28 heavy (non-hydrogen) atoms. The van der Waals surface area contributed by atoms with Crippen molar-refractivity contribution in [1.29, 1.82) is 0 Å². The number of thioether (sulfide) groups is 1. The van der Waals surface area contributed by atoms with Crippen molar-refractivity contribution in [2.45, 2.75) is 30.3 Å². The highest BCUT2D eigenvalue weighted by atomic mass is 32.2. The summed E-state index contributed by atoms with van der Waals surface area (Å²) in [5.74, 6) is -2.51. The number of nitrogens with zero attached hydrogens (tertiary/aromatic N) is 2. The van der Waals surface area contributed by atoms with Gasteiger partial charge >= 0.3 is 12.1 Å². The lowest BCUT2D eigenvalue weighted by atomic mass is 10.1. The van der Waals surface area contributed by atoms with E-state index >= 15 is 0 Å². The number of imidazole rings is 1. The number of hydrogen-bond acceptors (Lipinski definition) is 4. The molecule has 0 bridgehead atoms. The van der Waals surface area contributed by atoms with E-state index in [1.165, 1.54) is 28.4 Å². The molecular weight excluding hydrogens is 391 g/mol. The van der Waals surface area contributed by atoms with Crippen LogP contribution in [0.2, 0.25) is 0 Å². The van der Waals surface area contributed by atoms with Crippen LogP contribution in [-0.2, 0) is 4.79 Å². The van der Waals surface area contributed by atoms with Gasteiger partial charge in [-0.3, -0.25) is 14.0 Å². The highest BCUT2D eigenvalue weighted by molar-refractivity contribution is 8.00. The molecule has 1 aromatic carbocycles. The number of hydrogen-bond donors (Lipinski definition) is 1. The van der Waals surface area contributed by atoms with Gasteiger partial charge in [-0.1, -0.05) is 44.2 Å². The molecule has 9 heteroatoms. The molecule has 0 aliphatic rings. The molecule has 2 aromatic heterocycles. The van der Waals surface area contributed by atoms with Gasteiger partial charge in [0, 0.05) is 22.6 Å². The van der Waals surface area contributed by atoms with Gasteiger partial charge in [-0.2, -0.15) is 13.2 Å². The number of rotatable bonds is 5. The third-order valence-electron chi connectivity index (χ3n) is 3.71. The van der Waals surface area contributed by atoms with Crippen molar-refractivity contribution in [2.24, 2.45) is 0 Å². The molecule has 5 nitrogen and oxygen atoms in total. The molecule has 3 aromatic rings. The average molecular weight is 407 g/mol. The lowest BCUT2D eigenvalue weighted by molar-refractivity contribution is -0.167. The molecule has 0 atom stereocenters. The minimum absolute atomic E-state index is 0.00918. The van der Waals surface area contributed by atoms with Gasteiger partial charge in [0.1, 0.15) is 10.7 Å². The lowest BCUT2D eigenvalue weighted by Crippen LogP contribution is -2.30. The Morgan fingerprint density at radius 3 is 2.36 bits per heavy atom. The number of halogens is 3. The van der Waals surface area contributed by atoms with Crippen LogP contribution in [0, 0.1) is 0 Å². The number of alkyl halides is 3. The number of ketones is 1. The molecule has 2 heterocycles. The Labute approximate surface area is 163 Å². The van der Waals surface area contributed by atoms with Crippen LogP contribution in [0.25, 0.3) is 5.65 Å². The summed E-state index contributed by atoms with van der Waals surface area (Å²) >= 11 is 1.24. The fourth-order valence-corrected chi connectivity index (χ4v) is 3.42. The fourth-order valence-electron chi connectivity index (χ4n) is 2.51. The minimum atomic E-state index is -5.02. The number of aromatic nitrogens is 2. The summed E-state index contributed by atoms with van der Waals surface area (Å²) in [7, 11) is 0. The molecule has 1 amide bonds. The number of pyridine rings is 1. The van der Waals surface area contributed by atoms with Gasteiger partial charge in [0.25, 0.3) is 0 Å². The quantitative estimate of drug-likeness (QED) is 0.497. The molecule has 0 aliphatic carbocycles. The molecular formula is C19H16F3N3O2S. The van der Waals surface area contributed by atoms with E-state index < -0.39 is 12.1 Å². The topological polar surface area (TPSA) is 63.5 Å². The molecule has 0 saturated heterocycles. The van der Waals surface area contributed by atoms with Crippen molar-refractivity contribution in [3.8, 4) is 0 Å². The van der Waals surface area contributed by atoms with Crippen molar-refractivity contribution in [3.05, 3.63) is 59.8 Å². The van der Waals surface area contributed by atoms with Crippen LogP contribution in [0.15, 0.2) is 53.7 Å². The molecule has 3 rings (SSSR count). The van der Waals surface area contributed by atoms with E-state index in [0.717, 1.165) is 0 Å². The van der Waals surface area contributed by atoms with Crippen LogP contribution in [0.4, 0.5) is 19.0 Å². The van der Waals surface area contributed by atoms with Crippen LogP contribution in [0.1, 0.15) is 29.8 Å². The van der Waals surface area contributed by atoms with Crippen LogP contribution >= 0.6 is 11.8 Å². The third-order valence-corrected chi connectivity index (χ3v) is 4.79. The maximum Gasteiger partial charge on any atom is 0.471 e. The highest BCUT2D eigenvalue weighted by Gasteiger charge is 2.39. The zero-order chi connectivity index (χ0) is 20.5. The van der Waals surface area contributed by atoms with Crippen LogP contribution < -0.4 is 5.32 Å². The first-order valence-corrected chi connectivity index (χ1v) is 9.21. The number of carbonyl (C=O) groups is 2. The SMILES string of the molecule is CC(C)Sc1c(NC(=O)C(F)(F)F)nc2ccc(C(=O)c3ccccc3)cn12. The minimum Gasteiger partial charge on any atom is -0.301 e. The summed E-state index contributed by atoms with van der Waals surface area (Å²) in [4.78, 5) is 28.1. The summed E-state index contributed by atoms with van der Waals surface area (Å²) in [6.07, 6.45) is -3.50. The van der Waals surface area contributed by atoms with Crippen LogP contribution in [0.3, 0.4) is 0 Å². The van der Waals surface area contributed by atoms with E-state index in [9.17, 15) is 22.8 Å². The van der Waals surface area contributed by atoms with Gasteiger partial charge in [0.15, 0.2) is 11.6 Å². The lowest BCUT2D eigenvalue weighted by Gasteiger charge is -2.10. The summed E-state index contributed by atoms with van der Waals surface area (Å²) < 4.78 is 39.5. The van der Waals surface area contributed by atoms with Gasteiger partial charge in [-0.25, -0.2) is 4.98 Å². The predicted molar refractivity (Wildman–Crippen MR) is 101 cm³/mol. The summed E-state index contributed by atoms with van der Waals surface area (Å²) in [5.41, 5.74) is 1.17. The molecule has 0 spiro atoms. The Kier molecular flexibility index (Phi) is 5.46. The number of carbonyl (C=O) groups excluding carboxylic acids is 2. The first-order valence-electron chi connectivity index (χ1n) is 8.33. The molecule has 146 valence electrons. The van der Waals surface area contributed by atoms with Gasteiger partial charge in [0.2, 0.25) is 0 Å². The fraction of sp³-hybridized carbons (Fsp3) is 0.211.